The Labute approximate surface area is 463 Å². The monoisotopic (exact) mass is 1050 g/mol. The Bertz CT molecular complexity index is 3290. The highest BCUT2D eigenvalue weighted by Crippen LogP contribution is 2.50. The maximum atomic E-state index is 13.6. The molecule has 8 heteroatoms. The van der Waals surface area contributed by atoms with E-state index in [-0.39, 0.29) is 34.9 Å². The minimum atomic E-state index is -0.693. The normalized spacial score (nSPS) is 13.4. The van der Waals surface area contributed by atoms with Crippen LogP contribution in [0.3, 0.4) is 0 Å². The summed E-state index contributed by atoms with van der Waals surface area (Å²) < 4.78 is 12.1. The average Bonchev–Trinajstić information content (AvgIpc) is 3.52. The number of hydrogen-bond acceptors (Lipinski definition) is 8. The summed E-state index contributed by atoms with van der Waals surface area (Å²) in [4.78, 5) is 13.6. The molecule has 410 valence electrons. The molecule has 0 bridgehead atoms. The van der Waals surface area contributed by atoms with Crippen molar-refractivity contribution in [3.8, 4) is 34.5 Å². The Morgan fingerprint density at radius 1 is 0.346 bits per heavy atom. The molecule has 7 aromatic carbocycles. The van der Waals surface area contributed by atoms with Gasteiger partial charge in [0.2, 0.25) is 0 Å². The molecule has 0 aromatic heterocycles. The van der Waals surface area contributed by atoms with E-state index in [1.165, 1.54) is 0 Å². The van der Waals surface area contributed by atoms with Crippen molar-refractivity contribution in [1.29, 1.82) is 0 Å². The molecule has 1 aliphatic rings. The van der Waals surface area contributed by atoms with Gasteiger partial charge in [-0.1, -0.05) is 61.0 Å². The highest BCUT2D eigenvalue weighted by molar-refractivity contribution is 5.69. The van der Waals surface area contributed by atoms with Gasteiger partial charge in [-0.05, 0) is 301 Å². The van der Waals surface area contributed by atoms with Crippen molar-refractivity contribution in [3.63, 3.8) is 0 Å². The first-order valence-corrected chi connectivity index (χ1v) is 27.8. The van der Waals surface area contributed by atoms with Gasteiger partial charge >= 0.3 is 6.16 Å². The number of aromatic hydroxyl groups is 5. The Morgan fingerprint density at radius 2 is 0.590 bits per heavy atom. The minimum Gasteiger partial charge on any atom is -0.507 e. The molecule has 78 heavy (non-hydrogen) atoms. The quantitative estimate of drug-likeness (QED) is 0.0491. The Morgan fingerprint density at radius 3 is 0.859 bits per heavy atom. The van der Waals surface area contributed by atoms with E-state index in [2.05, 4.69) is 96.1 Å². The molecule has 1 saturated carbocycles. The van der Waals surface area contributed by atoms with Crippen molar-refractivity contribution in [3.05, 3.63) is 205 Å². The van der Waals surface area contributed by atoms with Crippen LogP contribution in [0.5, 0.6) is 34.5 Å². The summed E-state index contributed by atoms with van der Waals surface area (Å²) in [6, 6.07) is 19.7. The maximum absolute atomic E-state index is 13.6. The lowest BCUT2D eigenvalue weighted by Crippen LogP contribution is -2.23. The summed E-state index contributed by atoms with van der Waals surface area (Å²) in [6.07, 6.45) is 3.98. The molecule has 8 nitrogen and oxygen atoms in total. The number of aryl methyl sites for hydroxylation is 6. The van der Waals surface area contributed by atoms with Crippen molar-refractivity contribution < 1.29 is 39.8 Å². The fourth-order valence-electron chi connectivity index (χ4n) is 12.8. The number of carbonyl (C=O) groups excluding carboxylic acids is 1. The number of carbonyl (C=O) groups is 1. The van der Waals surface area contributed by atoms with E-state index in [4.69, 9.17) is 9.47 Å². The standard InChI is InChI=1S/C70H82O8/c1-33-24-55(39(7)45(13)64(33)71)61(56-25-34(2)65(72)46(14)40(56)8)51-30-52(62(57-26-35(3)66(73)47(15)41(57)9)58-27-36(4)67(74)48(16)42(58)10)32-53(31-51)63(59-28-37(5)68(75)49(17)43(59)11)60-29-38(6)69(50(18)44(60)12)78-70(76)77-54-22-20-19-21-23-54/h24-32,54,61-63,71-75H,19-23H2,1-18H3. The first-order chi connectivity index (χ1) is 36.7. The van der Waals surface area contributed by atoms with Crippen LogP contribution >= 0.6 is 0 Å². The lowest BCUT2D eigenvalue weighted by molar-refractivity contribution is 0.0413. The van der Waals surface area contributed by atoms with E-state index >= 15 is 0 Å². The Balaban J connectivity index is 1.56. The molecule has 0 heterocycles. The van der Waals surface area contributed by atoms with E-state index in [0.717, 1.165) is 182 Å². The number of rotatable bonds is 11. The predicted octanol–water partition coefficient (Wildman–Crippen LogP) is 17.2. The zero-order valence-electron chi connectivity index (χ0n) is 49.5. The third-order valence-corrected chi connectivity index (χ3v) is 18.4. The largest absolute Gasteiger partial charge is 0.514 e. The highest BCUT2D eigenvalue weighted by Gasteiger charge is 2.34. The smallest absolute Gasteiger partial charge is 0.507 e. The fraction of sp³-hybridized carbons (Fsp3) is 0.386. The van der Waals surface area contributed by atoms with Crippen LogP contribution in [0.25, 0.3) is 0 Å². The molecule has 1 fully saturated rings. The molecular weight excluding hydrogens is 969 g/mol. The van der Waals surface area contributed by atoms with Crippen LogP contribution in [0.2, 0.25) is 0 Å². The first kappa shape index (κ1) is 57.0. The van der Waals surface area contributed by atoms with Crippen LogP contribution in [0, 0.1) is 125 Å². The van der Waals surface area contributed by atoms with Crippen molar-refractivity contribution in [2.24, 2.45) is 0 Å². The van der Waals surface area contributed by atoms with Crippen molar-refractivity contribution >= 4 is 6.16 Å². The molecule has 8 rings (SSSR count). The Kier molecular flexibility index (Phi) is 16.0. The van der Waals surface area contributed by atoms with Gasteiger partial charge in [0, 0.05) is 17.8 Å². The zero-order chi connectivity index (χ0) is 57.3. The van der Waals surface area contributed by atoms with Crippen LogP contribution in [0.15, 0.2) is 54.6 Å². The van der Waals surface area contributed by atoms with Crippen LogP contribution < -0.4 is 4.74 Å². The summed E-state index contributed by atoms with van der Waals surface area (Å²) >= 11 is 0. The van der Waals surface area contributed by atoms with Crippen LogP contribution in [0.1, 0.15) is 200 Å². The average molecular weight is 1050 g/mol. The fourth-order valence-corrected chi connectivity index (χ4v) is 12.8. The number of ether oxygens (including phenoxy) is 2. The predicted molar refractivity (Wildman–Crippen MR) is 316 cm³/mol. The van der Waals surface area contributed by atoms with Gasteiger partial charge in [0.25, 0.3) is 0 Å². The third kappa shape index (κ3) is 10.1. The maximum Gasteiger partial charge on any atom is 0.514 e. The van der Waals surface area contributed by atoms with E-state index in [9.17, 15) is 30.3 Å². The molecule has 0 aliphatic heterocycles. The van der Waals surface area contributed by atoms with Gasteiger partial charge in [0.15, 0.2) is 0 Å². The van der Waals surface area contributed by atoms with Gasteiger partial charge in [0.05, 0.1) is 0 Å². The van der Waals surface area contributed by atoms with Gasteiger partial charge < -0.3 is 35.0 Å². The second kappa shape index (κ2) is 21.9. The van der Waals surface area contributed by atoms with Crippen molar-refractivity contribution in [1.82, 2.24) is 0 Å². The van der Waals surface area contributed by atoms with Gasteiger partial charge in [-0.15, -0.1) is 0 Å². The number of phenols is 5. The molecule has 1 aliphatic carbocycles. The summed E-state index contributed by atoms with van der Waals surface area (Å²) in [5.74, 6) is 0.450. The summed E-state index contributed by atoms with van der Waals surface area (Å²) in [5, 5.41) is 57.6. The third-order valence-electron chi connectivity index (χ3n) is 18.4. The summed E-state index contributed by atoms with van der Waals surface area (Å²) in [7, 11) is 0. The van der Waals surface area contributed by atoms with E-state index < -0.39 is 23.9 Å². The molecular formula is C70H82O8. The SMILES string of the molecule is Cc1cc(C(c2cc(C(c3cc(C)c(O)c(C)c3C)c3cc(C)c(O)c(C)c3C)cc(C(c3cc(C)c(O)c(C)c3C)c3cc(C)c(OC(=O)OC4CCCCC4)c(C)c3C)c2)c2cc(C)c(O)c(C)c2C)c(C)c(C)c1O. The number of benzene rings is 7. The molecule has 5 N–H and O–H groups in total. The first-order valence-electron chi connectivity index (χ1n) is 27.8. The minimum absolute atomic E-state index is 0.164. The van der Waals surface area contributed by atoms with Crippen molar-refractivity contribution in [2.75, 3.05) is 0 Å². The molecule has 1 unspecified atom stereocenters. The molecule has 7 aromatic rings. The van der Waals surface area contributed by atoms with Crippen LogP contribution in [0.4, 0.5) is 4.79 Å². The Hall–Kier alpha value is -7.19. The molecule has 1 atom stereocenters. The zero-order valence-corrected chi connectivity index (χ0v) is 49.5. The highest BCUT2D eigenvalue weighted by atomic mass is 16.7. The molecule has 0 saturated heterocycles. The topological polar surface area (TPSA) is 137 Å². The van der Waals surface area contributed by atoms with Gasteiger partial charge in [-0.2, -0.15) is 0 Å². The molecule has 0 amide bonds. The van der Waals surface area contributed by atoms with Crippen LogP contribution in [-0.2, 0) is 4.74 Å². The van der Waals surface area contributed by atoms with Crippen LogP contribution in [-0.4, -0.2) is 37.8 Å². The summed E-state index contributed by atoms with van der Waals surface area (Å²) in [6.45, 7) is 36.1. The lowest BCUT2D eigenvalue weighted by Gasteiger charge is -2.32. The van der Waals surface area contributed by atoms with E-state index in [0.29, 0.717) is 5.75 Å². The van der Waals surface area contributed by atoms with E-state index in [1.54, 1.807) is 0 Å². The lowest BCUT2D eigenvalue weighted by atomic mass is 9.72. The summed E-state index contributed by atoms with van der Waals surface area (Å²) in [5.41, 5.74) is 24.0. The second-order valence-electron chi connectivity index (χ2n) is 23.2. The van der Waals surface area contributed by atoms with Crippen molar-refractivity contribution in [2.45, 2.75) is 181 Å². The van der Waals surface area contributed by atoms with Gasteiger partial charge in [-0.25, -0.2) is 4.79 Å². The van der Waals surface area contributed by atoms with Gasteiger partial charge in [0.1, 0.15) is 40.6 Å². The molecule has 0 spiro atoms. The van der Waals surface area contributed by atoms with Gasteiger partial charge in [-0.3, -0.25) is 0 Å². The molecule has 0 radical (unpaired) electrons. The number of hydrogen-bond donors (Lipinski definition) is 5. The number of phenolic OH excluding ortho intramolecular Hbond substituents is 5. The van der Waals surface area contributed by atoms with E-state index in [1.807, 2.05) is 83.1 Å². The second-order valence-corrected chi connectivity index (χ2v) is 23.2.